The topological polar surface area (TPSA) is 69.5 Å². The van der Waals surface area contributed by atoms with Crippen LogP contribution in [0, 0.1) is 0 Å². The lowest BCUT2D eigenvalue weighted by Crippen LogP contribution is -2.32. The first-order valence-electron chi connectivity index (χ1n) is 9.93. The summed E-state index contributed by atoms with van der Waals surface area (Å²) < 4.78 is 12.6. The molecule has 29 heavy (non-hydrogen) atoms. The SMILES string of the molecule is COc1ccc([C@H]2CCCN2C(=O)C[C@H](C)n2nnc3ccccc32)cc1OC. The van der Waals surface area contributed by atoms with E-state index in [4.69, 9.17) is 9.47 Å². The van der Waals surface area contributed by atoms with E-state index in [1.165, 1.54) is 0 Å². The number of methoxy groups -OCH3 is 2. The van der Waals surface area contributed by atoms with Gasteiger partial charge < -0.3 is 14.4 Å². The average Bonchev–Trinajstić information content (AvgIpc) is 3.40. The van der Waals surface area contributed by atoms with Crippen LogP contribution in [0.5, 0.6) is 11.5 Å². The Hall–Kier alpha value is -3.09. The number of rotatable bonds is 6. The molecule has 0 saturated carbocycles. The van der Waals surface area contributed by atoms with Gasteiger partial charge in [0, 0.05) is 13.0 Å². The molecule has 7 nitrogen and oxygen atoms in total. The van der Waals surface area contributed by atoms with E-state index in [0.717, 1.165) is 36.0 Å². The van der Waals surface area contributed by atoms with Crippen molar-refractivity contribution < 1.29 is 14.3 Å². The Balaban J connectivity index is 1.52. The maximum atomic E-state index is 13.2. The van der Waals surface area contributed by atoms with Crippen LogP contribution in [0.25, 0.3) is 11.0 Å². The third kappa shape index (κ3) is 3.64. The summed E-state index contributed by atoms with van der Waals surface area (Å²) in [5.41, 5.74) is 2.87. The second-order valence-electron chi connectivity index (χ2n) is 7.44. The van der Waals surface area contributed by atoms with Gasteiger partial charge in [0.25, 0.3) is 0 Å². The Kier molecular flexibility index (Phi) is 5.38. The Bertz CT molecular complexity index is 1020. The molecule has 1 aliphatic heterocycles. The number of ether oxygens (including phenoxy) is 2. The van der Waals surface area contributed by atoms with Gasteiger partial charge in [0.1, 0.15) is 5.52 Å². The van der Waals surface area contributed by atoms with Crippen molar-refractivity contribution in [2.45, 2.75) is 38.3 Å². The predicted octanol–water partition coefficient (Wildman–Crippen LogP) is 3.76. The standard InChI is InChI=1S/C22H26N4O3/c1-15(26-19-8-5-4-7-17(19)23-24-26)13-22(27)25-12-6-9-18(25)16-10-11-20(28-2)21(14-16)29-3/h4-5,7-8,10-11,14-15,18H,6,9,12-13H2,1-3H3/t15-,18+/m0/s1. The molecule has 0 bridgehead atoms. The molecule has 2 aromatic carbocycles. The van der Waals surface area contributed by atoms with Crippen LogP contribution in [0.15, 0.2) is 42.5 Å². The zero-order valence-electron chi connectivity index (χ0n) is 17.0. The van der Waals surface area contributed by atoms with Gasteiger partial charge in [-0.15, -0.1) is 5.10 Å². The minimum Gasteiger partial charge on any atom is -0.493 e. The number of hydrogen-bond donors (Lipinski definition) is 0. The van der Waals surface area contributed by atoms with Crippen molar-refractivity contribution in [3.63, 3.8) is 0 Å². The van der Waals surface area contributed by atoms with Crippen LogP contribution in [0.4, 0.5) is 0 Å². The Morgan fingerprint density at radius 2 is 1.97 bits per heavy atom. The van der Waals surface area contributed by atoms with E-state index in [1.807, 2.05) is 59.0 Å². The van der Waals surface area contributed by atoms with Crippen LogP contribution in [0.1, 0.15) is 43.8 Å². The molecule has 0 aliphatic carbocycles. The van der Waals surface area contributed by atoms with Gasteiger partial charge in [-0.1, -0.05) is 23.4 Å². The molecule has 7 heteroatoms. The number of aromatic nitrogens is 3. The average molecular weight is 394 g/mol. The molecule has 3 aromatic rings. The summed E-state index contributed by atoms with van der Waals surface area (Å²) >= 11 is 0. The van der Waals surface area contributed by atoms with Gasteiger partial charge in [-0.25, -0.2) is 4.68 Å². The molecular formula is C22H26N4O3. The van der Waals surface area contributed by atoms with E-state index in [1.54, 1.807) is 14.2 Å². The highest BCUT2D eigenvalue weighted by Gasteiger charge is 2.31. The van der Waals surface area contributed by atoms with Gasteiger partial charge in [0.15, 0.2) is 11.5 Å². The normalized spacial score (nSPS) is 17.5. The van der Waals surface area contributed by atoms with Crippen LogP contribution in [0.2, 0.25) is 0 Å². The molecule has 0 N–H and O–H groups in total. The van der Waals surface area contributed by atoms with E-state index in [9.17, 15) is 4.79 Å². The quantitative estimate of drug-likeness (QED) is 0.637. The minimum atomic E-state index is -0.0680. The number of carbonyl (C=O) groups is 1. The fourth-order valence-corrected chi connectivity index (χ4v) is 4.14. The van der Waals surface area contributed by atoms with E-state index < -0.39 is 0 Å². The first-order valence-corrected chi connectivity index (χ1v) is 9.93. The van der Waals surface area contributed by atoms with Crippen molar-refractivity contribution >= 4 is 16.9 Å². The lowest BCUT2D eigenvalue weighted by molar-refractivity contribution is -0.132. The summed E-state index contributed by atoms with van der Waals surface area (Å²) in [6.45, 7) is 2.78. The second kappa shape index (κ2) is 8.11. The van der Waals surface area contributed by atoms with Crippen molar-refractivity contribution in [2.24, 2.45) is 0 Å². The lowest BCUT2D eigenvalue weighted by atomic mass is 10.0. The van der Waals surface area contributed by atoms with Crippen molar-refractivity contribution in [2.75, 3.05) is 20.8 Å². The number of benzene rings is 2. The number of para-hydroxylation sites is 1. The van der Waals surface area contributed by atoms with Crippen LogP contribution in [-0.4, -0.2) is 46.6 Å². The smallest absolute Gasteiger partial charge is 0.225 e. The second-order valence-corrected chi connectivity index (χ2v) is 7.44. The molecule has 4 rings (SSSR count). The van der Waals surface area contributed by atoms with Gasteiger partial charge in [-0.3, -0.25) is 4.79 Å². The van der Waals surface area contributed by atoms with Gasteiger partial charge in [-0.05, 0) is 49.6 Å². The minimum absolute atomic E-state index is 0.0574. The molecule has 0 spiro atoms. The van der Waals surface area contributed by atoms with E-state index >= 15 is 0 Å². The van der Waals surface area contributed by atoms with Crippen LogP contribution in [-0.2, 0) is 4.79 Å². The summed E-state index contributed by atoms with van der Waals surface area (Å²) in [5.74, 6) is 1.51. The van der Waals surface area contributed by atoms with Gasteiger partial charge >= 0.3 is 0 Å². The number of likely N-dealkylation sites (tertiary alicyclic amines) is 1. The maximum Gasteiger partial charge on any atom is 0.225 e. The summed E-state index contributed by atoms with van der Waals surface area (Å²) in [5, 5.41) is 8.46. The Morgan fingerprint density at radius 1 is 1.17 bits per heavy atom. The monoisotopic (exact) mass is 394 g/mol. The van der Waals surface area contributed by atoms with E-state index in [0.29, 0.717) is 17.9 Å². The van der Waals surface area contributed by atoms with Crippen molar-refractivity contribution in [1.29, 1.82) is 0 Å². The molecule has 0 unspecified atom stereocenters. The first-order chi connectivity index (χ1) is 14.1. The molecule has 0 radical (unpaired) electrons. The zero-order chi connectivity index (χ0) is 20.4. The number of hydrogen-bond acceptors (Lipinski definition) is 5. The van der Waals surface area contributed by atoms with Crippen LogP contribution < -0.4 is 9.47 Å². The van der Waals surface area contributed by atoms with E-state index in [2.05, 4.69) is 10.3 Å². The molecular weight excluding hydrogens is 368 g/mol. The maximum absolute atomic E-state index is 13.2. The number of fused-ring (bicyclic) bond motifs is 1. The Morgan fingerprint density at radius 3 is 2.76 bits per heavy atom. The Labute approximate surface area is 170 Å². The van der Waals surface area contributed by atoms with Gasteiger partial charge in [0.2, 0.25) is 5.91 Å². The van der Waals surface area contributed by atoms with Gasteiger partial charge in [-0.2, -0.15) is 0 Å². The number of nitrogens with zero attached hydrogens (tertiary/aromatic N) is 4. The summed E-state index contributed by atoms with van der Waals surface area (Å²) in [4.78, 5) is 15.1. The highest BCUT2D eigenvalue weighted by molar-refractivity contribution is 5.78. The molecule has 1 saturated heterocycles. The highest BCUT2D eigenvalue weighted by atomic mass is 16.5. The fraction of sp³-hybridized carbons (Fsp3) is 0.409. The molecule has 1 aromatic heterocycles. The number of carbonyl (C=O) groups excluding carboxylic acids is 1. The molecule has 152 valence electrons. The number of amides is 1. The summed E-state index contributed by atoms with van der Waals surface area (Å²) in [7, 11) is 3.25. The summed E-state index contributed by atoms with van der Waals surface area (Å²) in [6.07, 6.45) is 2.32. The van der Waals surface area contributed by atoms with Crippen LogP contribution >= 0.6 is 0 Å². The van der Waals surface area contributed by atoms with Gasteiger partial charge in [0.05, 0.1) is 31.8 Å². The molecule has 1 amide bonds. The van der Waals surface area contributed by atoms with Crippen LogP contribution in [0.3, 0.4) is 0 Å². The van der Waals surface area contributed by atoms with E-state index in [-0.39, 0.29) is 18.0 Å². The van der Waals surface area contributed by atoms with Crippen molar-refractivity contribution in [3.8, 4) is 11.5 Å². The molecule has 2 heterocycles. The molecule has 1 aliphatic rings. The molecule has 1 fully saturated rings. The predicted molar refractivity (Wildman–Crippen MR) is 110 cm³/mol. The molecule has 2 atom stereocenters. The fourth-order valence-electron chi connectivity index (χ4n) is 4.14. The highest BCUT2D eigenvalue weighted by Crippen LogP contribution is 2.37. The first kappa shape index (κ1) is 19.2. The lowest BCUT2D eigenvalue weighted by Gasteiger charge is -2.27. The third-order valence-corrected chi connectivity index (χ3v) is 5.63. The third-order valence-electron chi connectivity index (χ3n) is 5.63. The zero-order valence-corrected chi connectivity index (χ0v) is 17.0. The van der Waals surface area contributed by atoms with Crippen molar-refractivity contribution in [3.05, 3.63) is 48.0 Å². The summed E-state index contributed by atoms with van der Waals surface area (Å²) in [6, 6.07) is 13.7. The van der Waals surface area contributed by atoms with Crippen molar-refractivity contribution in [1.82, 2.24) is 19.9 Å². The largest absolute Gasteiger partial charge is 0.493 e.